The Morgan fingerprint density at radius 3 is 2.62 bits per heavy atom. The van der Waals surface area contributed by atoms with Crippen molar-refractivity contribution >= 4 is 32.8 Å². The molecule has 6 heteroatoms. The summed E-state index contributed by atoms with van der Waals surface area (Å²) in [6, 6.07) is 3.26. The maximum absolute atomic E-state index is 13.7. The molecule has 0 atom stereocenters. The number of nitrogens with zero attached hydrogens (tertiary/aromatic N) is 3. The van der Waals surface area contributed by atoms with Gasteiger partial charge in [0.2, 0.25) is 0 Å². The number of aromatic nitrogens is 3. The van der Waals surface area contributed by atoms with E-state index in [0.717, 1.165) is 33.5 Å². The molecule has 0 fully saturated rings. The zero-order valence-corrected chi connectivity index (χ0v) is 13.5. The summed E-state index contributed by atoms with van der Waals surface area (Å²) in [5, 5.41) is 0.842. The second-order valence-corrected chi connectivity index (χ2v) is 5.91. The third-order valence-corrected chi connectivity index (χ3v) is 4.41. The molecular formula is C15H14BrFN4. The first kappa shape index (κ1) is 14.0. The molecule has 2 aromatic heterocycles. The molecule has 1 aromatic carbocycles. The van der Waals surface area contributed by atoms with Gasteiger partial charge in [-0.15, -0.1) is 0 Å². The fourth-order valence-electron chi connectivity index (χ4n) is 2.60. The Hall–Kier alpha value is -1.95. The van der Waals surface area contributed by atoms with Gasteiger partial charge in [-0.25, -0.2) is 14.4 Å². The molecule has 0 aliphatic heterocycles. The number of nitrogens with two attached hydrogens (primary N) is 1. The molecule has 0 aliphatic carbocycles. The van der Waals surface area contributed by atoms with Crippen LogP contribution in [-0.4, -0.2) is 14.5 Å². The van der Waals surface area contributed by atoms with Crippen LogP contribution in [0.5, 0.6) is 0 Å². The highest BCUT2D eigenvalue weighted by molar-refractivity contribution is 9.10. The van der Waals surface area contributed by atoms with Gasteiger partial charge in [-0.1, -0.05) is 0 Å². The molecule has 0 saturated heterocycles. The number of halogens is 2. The third kappa shape index (κ3) is 2.01. The van der Waals surface area contributed by atoms with Crippen molar-refractivity contribution in [2.45, 2.75) is 20.8 Å². The standard InChI is InChI=1S/C15H14BrFN4/c1-7-4-11(17)10(16)5-12(7)21-9(3)8(2)13-14(18)19-6-20-15(13)21/h4-6H,1-3H3,(H2,18,19,20). The predicted octanol–water partition coefficient (Wildman–Crippen LogP) is 3.83. The zero-order valence-electron chi connectivity index (χ0n) is 11.9. The number of aryl methyl sites for hydroxylation is 2. The van der Waals surface area contributed by atoms with Crippen molar-refractivity contribution in [3.05, 3.63) is 45.6 Å². The molecule has 0 radical (unpaired) electrons. The summed E-state index contributed by atoms with van der Waals surface area (Å²) in [5.74, 6) is 0.175. The molecule has 0 spiro atoms. The van der Waals surface area contributed by atoms with Crippen molar-refractivity contribution in [3.8, 4) is 5.69 Å². The maximum Gasteiger partial charge on any atom is 0.150 e. The molecule has 0 unspecified atom stereocenters. The van der Waals surface area contributed by atoms with E-state index in [1.165, 1.54) is 12.4 Å². The van der Waals surface area contributed by atoms with Crippen molar-refractivity contribution in [1.82, 2.24) is 14.5 Å². The van der Waals surface area contributed by atoms with Crippen LogP contribution in [0, 0.1) is 26.6 Å². The molecule has 3 aromatic rings. The van der Waals surface area contributed by atoms with Crippen LogP contribution in [0.4, 0.5) is 10.2 Å². The van der Waals surface area contributed by atoms with Crippen molar-refractivity contribution in [3.63, 3.8) is 0 Å². The number of hydrogen-bond donors (Lipinski definition) is 1. The van der Waals surface area contributed by atoms with E-state index in [1.807, 2.05) is 25.3 Å². The van der Waals surface area contributed by atoms with E-state index in [9.17, 15) is 4.39 Å². The van der Waals surface area contributed by atoms with Crippen molar-refractivity contribution in [1.29, 1.82) is 0 Å². The fourth-order valence-corrected chi connectivity index (χ4v) is 2.93. The average molecular weight is 349 g/mol. The molecule has 0 saturated carbocycles. The van der Waals surface area contributed by atoms with Gasteiger partial charge in [0.15, 0.2) is 5.65 Å². The highest BCUT2D eigenvalue weighted by Gasteiger charge is 2.18. The molecule has 21 heavy (non-hydrogen) atoms. The van der Waals surface area contributed by atoms with Crippen molar-refractivity contribution in [2.75, 3.05) is 5.73 Å². The summed E-state index contributed by atoms with van der Waals surface area (Å²) >= 11 is 3.24. The maximum atomic E-state index is 13.7. The van der Waals surface area contributed by atoms with Gasteiger partial charge in [-0.2, -0.15) is 0 Å². The van der Waals surface area contributed by atoms with Crippen LogP contribution >= 0.6 is 15.9 Å². The first-order valence-electron chi connectivity index (χ1n) is 6.46. The lowest BCUT2D eigenvalue weighted by Crippen LogP contribution is -2.02. The summed E-state index contributed by atoms with van der Waals surface area (Å²) in [5.41, 5.74) is 10.5. The summed E-state index contributed by atoms with van der Waals surface area (Å²) in [6.07, 6.45) is 1.45. The number of nitrogen functional groups attached to an aromatic ring is 1. The van der Waals surface area contributed by atoms with Crippen LogP contribution in [0.2, 0.25) is 0 Å². The number of anilines is 1. The quantitative estimate of drug-likeness (QED) is 0.726. The molecule has 0 bridgehead atoms. The minimum absolute atomic E-state index is 0.281. The summed E-state index contributed by atoms with van der Waals surface area (Å²) in [6.45, 7) is 5.85. The Labute approximate surface area is 129 Å². The first-order chi connectivity index (χ1) is 9.91. The minimum Gasteiger partial charge on any atom is -0.383 e. The second-order valence-electron chi connectivity index (χ2n) is 5.06. The Morgan fingerprint density at radius 1 is 1.19 bits per heavy atom. The van der Waals surface area contributed by atoms with E-state index in [-0.39, 0.29) is 5.82 Å². The molecule has 2 heterocycles. The first-order valence-corrected chi connectivity index (χ1v) is 7.25. The van der Waals surface area contributed by atoms with E-state index in [4.69, 9.17) is 5.73 Å². The number of benzene rings is 1. The average Bonchev–Trinajstić information content (AvgIpc) is 2.68. The van der Waals surface area contributed by atoms with E-state index >= 15 is 0 Å². The minimum atomic E-state index is -0.281. The Kier molecular flexibility index (Phi) is 3.20. The van der Waals surface area contributed by atoms with Crippen LogP contribution in [0.3, 0.4) is 0 Å². The highest BCUT2D eigenvalue weighted by Crippen LogP contribution is 2.32. The number of hydrogen-bond acceptors (Lipinski definition) is 3. The topological polar surface area (TPSA) is 56.7 Å². The van der Waals surface area contributed by atoms with Gasteiger partial charge < -0.3 is 5.73 Å². The summed E-state index contributed by atoms with van der Waals surface area (Å²) < 4.78 is 16.1. The van der Waals surface area contributed by atoms with Crippen LogP contribution < -0.4 is 5.73 Å². The Balaban J connectivity index is 2.44. The summed E-state index contributed by atoms with van der Waals surface area (Å²) in [7, 11) is 0. The lowest BCUT2D eigenvalue weighted by Gasteiger charge is -2.12. The third-order valence-electron chi connectivity index (χ3n) is 3.80. The predicted molar refractivity (Wildman–Crippen MR) is 85.1 cm³/mol. The van der Waals surface area contributed by atoms with Crippen molar-refractivity contribution in [2.24, 2.45) is 0 Å². The van der Waals surface area contributed by atoms with Crippen LogP contribution in [0.25, 0.3) is 16.7 Å². The molecule has 108 valence electrons. The smallest absolute Gasteiger partial charge is 0.150 e. The monoisotopic (exact) mass is 348 g/mol. The van der Waals surface area contributed by atoms with Gasteiger partial charge in [-0.05, 0) is 60.0 Å². The van der Waals surface area contributed by atoms with E-state index < -0.39 is 0 Å². The number of fused-ring (bicyclic) bond motifs is 1. The largest absolute Gasteiger partial charge is 0.383 e. The highest BCUT2D eigenvalue weighted by atomic mass is 79.9. The molecule has 0 amide bonds. The van der Waals surface area contributed by atoms with E-state index in [1.54, 1.807) is 6.07 Å². The molecular weight excluding hydrogens is 335 g/mol. The lowest BCUT2D eigenvalue weighted by atomic mass is 10.2. The van der Waals surface area contributed by atoms with Gasteiger partial charge >= 0.3 is 0 Å². The van der Waals surface area contributed by atoms with Gasteiger partial charge in [0.25, 0.3) is 0 Å². The van der Waals surface area contributed by atoms with Gasteiger partial charge in [0, 0.05) is 5.69 Å². The Morgan fingerprint density at radius 2 is 1.90 bits per heavy atom. The van der Waals surface area contributed by atoms with Crippen molar-refractivity contribution < 1.29 is 4.39 Å². The van der Waals surface area contributed by atoms with Gasteiger partial charge in [0.1, 0.15) is 18.0 Å². The van der Waals surface area contributed by atoms with Gasteiger partial charge in [0.05, 0.1) is 15.5 Å². The van der Waals surface area contributed by atoms with Crippen LogP contribution in [0.15, 0.2) is 22.9 Å². The molecule has 0 aliphatic rings. The van der Waals surface area contributed by atoms with Crippen LogP contribution in [-0.2, 0) is 0 Å². The number of rotatable bonds is 1. The van der Waals surface area contributed by atoms with E-state index in [2.05, 4.69) is 25.9 Å². The van der Waals surface area contributed by atoms with Gasteiger partial charge in [-0.3, -0.25) is 4.57 Å². The fraction of sp³-hybridized carbons (Fsp3) is 0.200. The Bertz CT molecular complexity index is 870. The molecule has 2 N–H and O–H groups in total. The zero-order chi connectivity index (χ0) is 15.3. The molecule has 4 nitrogen and oxygen atoms in total. The second kappa shape index (κ2) is 4.80. The van der Waals surface area contributed by atoms with Crippen LogP contribution in [0.1, 0.15) is 16.8 Å². The SMILES string of the molecule is Cc1cc(F)c(Br)cc1-n1c(C)c(C)c2c(N)ncnc21. The normalized spacial score (nSPS) is 11.3. The summed E-state index contributed by atoms with van der Waals surface area (Å²) in [4.78, 5) is 8.41. The molecule has 3 rings (SSSR count). The lowest BCUT2D eigenvalue weighted by molar-refractivity contribution is 0.619. The van der Waals surface area contributed by atoms with E-state index in [0.29, 0.717) is 10.3 Å².